The highest BCUT2D eigenvalue weighted by Crippen LogP contribution is 2.33. The lowest BCUT2D eigenvalue weighted by atomic mass is 9.93. The number of nitrogens with one attached hydrogen (secondary N) is 1. The SMILES string of the molecule is CC1C(c2ccccc2)CCN1C(=O)C1CC(O)CN1. The van der Waals surface area contributed by atoms with Crippen LogP contribution in [-0.4, -0.2) is 47.2 Å². The Labute approximate surface area is 119 Å². The van der Waals surface area contributed by atoms with Gasteiger partial charge in [-0.1, -0.05) is 30.3 Å². The van der Waals surface area contributed by atoms with E-state index < -0.39 is 0 Å². The second-order valence-corrected chi connectivity index (χ2v) is 5.93. The van der Waals surface area contributed by atoms with E-state index in [1.165, 1.54) is 5.56 Å². The molecule has 2 saturated heterocycles. The molecule has 108 valence electrons. The van der Waals surface area contributed by atoms with Gasteiger partial charge >= 0.3 is 0 Å². The van der Waals surface area contributed by atoms with Crippen LogP contribution in [0.3, 0.4) is 0 Å². The van der Waals surface area contributed by atoms with Crippen LogP contribution in [-0.2, 0) is 4.79 Å². The summed E-state index contributed by atoms with van der Waals surface area (Å²) in [5.74, 6) is 0.568. The van der Waals surface area contributed by atoms with Crippen LogP contribution >= 0.6 is 0 Å². The minimum atomic E-state index is -0.383. The highest BCUT2D eigenvalue weighted by molar-refractivity contribution is 5.83. The van der Waals surface area contributed by atoms with Crippen LogP contribution in [0.25, 0.3) is 0 Å². The van der Waals surface area contributed by atoms with Crippen molar-refractivity contribution in [3.05, 3.63) is 35.9 Å². The number of carbonyl (C=O) groups is 1. The molecule has 3 rings (SSSR count). The van der Waals surface area contributed by atoms with Gasteiger partial charge in [0.05, 0.1) is 12.1 Å². The van der Waals surface area contributed by atoms with Crippen LogP contribution < -0.4 is 5.32 Å². The van der Waals surface area contributed by atoms with E-state index in [1.807, 2.05) is 11.0 Å². The van der Waals surface area contributed by atoms with E-state index in [4.69, 9.17) is 0 Å². The Bertz CT molecular complexity index is 477. The summed E-state index contributed by atoms with van der Waals surface area (Å²) in [5, 5.41) is 12.7. The first-order valence-electron chi connectivity index (χ1n) is 7.43. The van der Waals surface area contributed by atoms with Crippen molar-refractivity contribution in [2.75, 3.05) is 13.1 Å². The molecule has 4 atom stereocenters. The number of nitrogens with zero attached hydrogens (tertiary/aromatic N) is 1. The Morgan fingerprint density at radius 3 is 2.75 bits per heavy atom. The monoisotopic (exact) mass is 274 g/mol. The largest absolute Gasteiger partial charge is 0.392 e. The molecule has 2 N–H and O–H groups in total. The molecule has 0 spiro atoms. The van der Waals surface area contributed by atoms with E-state index in [1.54, 1.807) is 0 Å². The van der Waals surface area contributed by atoms with Gasteiger partial charge in [0, 0.05) is 25.0 Å². The zero-order chi connectivity index (χ0) is 14.1. The predicted octanol–water partition coefficient (Wildman–Crippen LogP) is 1.11. The third-order valence-electron chi connectivity index (χ3n) is 4.67. The number of aliphatic hydroxyl groups excluding tert-OH is 1. The van der Waals surface area contributed by atoms with Gasteiger partial charge in [-0.3, -0.25) is 4.79 Å². The quantitative estimate of drug-likeness (QED) is 0.849. The van der Waals surface area contributed by atoms with Gasteiger partial charge in [0.25, 0.3) is 0 Å². The minimum absolute atomic E-state index is 0.146. The molecule has 0 aliphatic carbocycles. The number of aliphatic hydroxyl groups is 1. The summed E-state index contributed by atoms with van der Waals surface area (Å²) in [6.45, 7) is 3.47. The summed E-state index contributed by atoms with van der Waals surface area (Å²) in [4.78, 5) is 14.5. The van der Waals surface area contributed by atoms with E-state index in [0.717, 1.165) is 13.0 Å². The van der Waals surface area contributed by atoms with Crippen molar-refractivity contribution < 1.29 is 9.90 Å². The first kappa shape index (κ1) is 13.6. The highest BCUT2D eigenvalue weighted by atomic mass is 16.3. The van der Waals surface area contributed by atoms with Crippen LogP contribution in [0.4, 0.5) is 0 Å². The fourth-order valence-corrected chi connectivity index (χ4v) is 3.50. The zero-order valence-corrected chi connectivity index (χ0v) is 11.8. The number of likely N-dealkylation sites (tertiary alicyclic amines) is 1. The highest BCUT2D eigenvalue weighted by Gasteiger charge is 2.39. The van der Waals surface area contributed by atoms with E-state index in [2.05, 4.69) is 36.5 Å². The van der Waals surface area contributed by atoms with Crippen LogP contribution in [0.1, 0.15) is 31.2 Å². The molecular weight excluding hydrogens is 252 g/mol. The Morgan fingerprint density at radius 2 is 2.10 bits per heavy atom. The van der Waals surface area contributed by atoms with E-state index in [9.17, 15) is 9.90 Å². The molecule has 2 aliphatic heterocycles. The van der Waals surface area contributed by atoms with E-state index in [0.29, 0.717) is 18.9 Å². The fraction of sp³-hybridized carbons (Fsp3) is 0.562. The summed E-state index contributed by atoms with van der Waals surface area (Å²) in [5.41, 5.74) is 1.31. The van der Waals surface area contributed by atoms with Gasteiger partial charge in [0.1, 0.15) is 0 Å². The third kappa shape index (κ3) is 2.45. The number of carbonyl (C=O) groups excluding carboxylic acids is 1. The lowest BCUT2D eigenvalue weighted by Gasteiger charge is -2.27. The van der Waals surface area contributed by atoms with E-state index >= 15 is 0 Å². The molecule has 0 aromatic heterocycles. The number of amides is 1. The summed E-state index contributed by atoms with van der Waals surface area (Å²) in [6.07, 6.45) is 1.18. The standard InChI is InChI=1S/C16H22N2O2/c1-11-14(12-5-3-2-4-6-12)7-8-18(11)16(20)15-9-13(19)10-17-15/h2-6,11,13-15,17,19H,7-10H2,1H3. The fourth-order valence-electron chi connectivity index (χ4n) is 3.50. The van der Waals surface area contributed by atoms with Crippen LogP contribution in [0.2, 0.25) is 0 Å². The molecule has 0 radical (unpaired) electrons. The van der Waals surface area contributed by atoms with Crippen molar-refractivity contribution in [3.8, 4) is 0 Å². The molecule has 1 aromatic rings. The lowest BCUT2D eigenvalue weighted by molar-refractivity contribution is -0.133. The minimum Gasteiger partial charge on any atom is -0.392 e. The molecule has 4 nitrogen and oxygen atoms in total. The number of hydrogen-bond donors (Lipinski definition) is 2. The van der Waals surface area contributed by atoms with Crippen molar-refractivity contribution >= 4 is 5.91 Å². The van der Waals surface area contributed by atoms with Gasteiger partial charge in [-0.25, -0.2) is 0 Å². The number of β-amino-alcohol motifs (C(OH)–C–C–N with tert-alkyl or cyclic N) is 1. The molecule has 1 aromatic carbocycles. The maximum absolute atomic E-state index is 12.5. The van der Waals surface area contributed by atoms with Crippen LogP contribution in [0.5, 0.6) is 0 Å². The summed E-state index contributed by atoms with van der Waals surface area (Å²) < 4.78 is 0. The number of benzene rings is 1. The Morgan fingerprint density at radius 1 is 1.35 bits per heavy atom. The molecule has 0 bridgehead atoms. The summed E-state index contributed by atoms with van der Waals surface area (Å²) >= 11 is 0. The van der Waals surface area contributed by atoms with Gasteiger partial charge in [-0.15, -0.1) is 0 Å². The Balaban J connectivity index is 1.69. The third-order valence-corrected chi connectivity index (χ3v) is 4.67. The zero-order valence-electron chi connectivity index (χ0n) is 11.8. The maximum atomic E-state index is 12.5. The van der Waals surface area contributed by atoms with Crippen molar-refractivity contribution in [2.45, 2.75) is 43.9 Å². The number of rotatable bonds is 2. The Kier molecular flexibility index (Phi) is 3.76. The second kappa shape index (κ2) is 5.54. The summed E-state index contributed by atoms with van der Waals surface area (Å²) in [7, 11) is 0. The average molecular weight is 274 g/mol. The van der Waals surface area contributed by atoms with Gasteiger partial charge < -0.3 is 15.3 Å². The molecule has 2 fully saturated rings. The second-order valence-electron chi connectivity index (χ2n) is 5.93. The van der Waals surface area contributed by atoms with Crippen molar-refractivity contribution in [2.24, 2.45) is 0 Å². The molecule has 2 heterocycles. The van der Waals surface area contributed by atoms with Gasteiger partial charge in [-0.2, -0.15) is 0 Å². The van der Waals surface area contributed by atoms with Gasteiger partial charge in [-0.05, 0) is 25.3 Å². The van der Waals surface area contributed by atoms with Crippen molar-refractivity contribution in [1.82, 2.24) is 10.2 Å². The van der Waals surface area contributed by atoms with Crippen LogP contribution in [0, 0.1) is 0 Å². The van der Waals surface area contributed by atoms with Crippen LogP contribution in [0.15, 0.2) is 30.3 Å². The molecule has 20 heavy (non-hydrogen) atoms. The normalized spacial score (nSPS) is 33.6. The van der Waals surface area contributed by atoms with E-state index in [-0.39, 0.29) is 24.1 Å². The molecule has 1 amide bonds. The van der Waals surface area contributed by atoms with Crippen molar-refractivity contribution in [1.29, 1.82) is 0 Å². The summed E-state index contributed by atoms with van der Waals surface area (Å²) in [6, 6.07) is 10.4. The molecule has 4 unspecified atom stereocenters. The van der Waals surface area contributed by atoms with Gasteiger partial charge in [0.15, 0.2) is 0 Å². The predicted molar refractivity (Wildman–Crippen MR) is 77.4 cm³/mol. The Hall–Kier alpha value is -1.39. The molecular formula is C16H22N2O2. The first-order valence-corrected chi connectivity index (χ1v) is 7.43. The smallest absolute Gasteiger partial charge is 0.240 e. The molecule has 2 aliphatic rings. The maximum Gasteiger partial charge on any atom is 0.240 e. The lowest BCUT2D eigenvalue weighted by Crippen LogP contribution is -2.45. The van der Waals surface area contributed by atoms with Gasteiger partial charge in [0.2, 0.25) is 5.91 Å². The van der Waals surface area contributed by atoms with Crippen molar-refractivity contribution in [3.63, 3.8) is 0 Å². The number of hydrogen-bond acceptors (Lipinski definition) is 3. The average Bonchev–Trinajstić information content (AvgIpc) is 3.05. The molecule has 4 heteroatoms. The first-order chi connectivity index (χ1) is 9.66. The molecule has 0 saturated carbocycles. The topological polar surface area (TPSA) is 52.6 Å².